The van der Waals surface area contributed by atoms with Crippen LogP contribution < -0.4 is 15.2 Å². The number of hydrazine groups is 1. The molecule has 0 radical (unpaired) electrons. The fraction of sp³-hybridized carbons (Fsp3) is 0.520. The van der Waals surface area contributed by atoms with Gasteiger partial charge in [0.05, 0.1) is 31.6 Å². The summed E-state index contributed by atoms with van der Waals surface area (Å²) in [6.07, 6.45) is 0.541. The number of hydrogen-bond acceptors (Lipinski definition) is 8. The van der Waals surface area contributed by atoms with Gasteiger partial charge in [-0.3, -0.25) is 19.4 Å². The summed E-state index contributed by atoms with van der Waals surface area (Å²) in [5.41, 5.74) is 4.79. The Morgan fingerprint density at radius 3 is 2.61 bits per heavy atom. The monoisotopic (exact) mass is 550 g/mol. The van der Waals surface area contributed by atoms with Crippen LogP contribution in [0.4, 0.5) is 25.0 Å². The Morgan fingerprint density at radius 1 is 1.21 bits per heavy atom. The van der Waals surface area contributed by atoms with E-state index in [2.05, 4.69) is 10.5 Å². The average Bonchev–Trinajstić information content (AvgIpc) is 3.30. The smallest absolute Gasteiger partial charge is 0.414 e. The minimum absolute atomic E-state index is 0.0834. The number of aryl methyl sites for hydroxylation is 3. The lowest BCUT2D eigenvalue weighted by atomic mass is 10.2. The summed E-state index contributed by atoms with van der Waals surface area (Å²) in [5, 5.41) is 6.27. The van der Waals surface area contributed by atoms with Gasteiger partial charge in [0.2, 0.25) is 5.91 Å². The third-order valence-corrected chi connectivity index (χ3v) is 7.11. The number of anilines is 2. The first-order valence-electron chi connectivity index (χ1n) is 12.5. The minimum Gasteiger partial charge on any atom is -0.490 e. The number of ether oxygens (including phenoxy) is 2. The van der Waals surface area contributed by atoms with Crippen molar-refractivity contribution in [3.63, 3.8) is 0 Å². The van der Waals surface area contributed by atoms with Crippen molar-refractivity contribution in [3.8, 4) is 0 Å². The van der Waals surface area contributed by atoms with E-state index < -0.39 is 23.8 Å². The summed E-state index contributed by atoms with van der Waals surface area (Å²) in [5.74, 6) is -1.69. The molecule has 0 unspecified atom stereocenters. The standard InChI is InChI=1S/C25H32F2N6O4S/c1-16-12-17(29-30(16)2)4-6-22(34)33-11-10-31(9-8-28-33)24-20(26)13-18(14-21(24)27)32-15-19(37-25(32)35)5-7-23(38)36-3/h12-14,19,28H,4-11,15H2,1-3H3/t19-/m0/s1. The van der Waals surface area contributed by atoms with Gasteiger partial charge in [0.25, 0.3) is 0 Å². The van der Waals surface area contributed by atoms with Crippen molar-refractivity contribution in [2.24, 2.45) is 7.05 Å². The van der Waals surface area contributed by atoms with Gasteiger partial charge in [0.15, 0.2) is 16.7 Å². The zero-order valence-corrected chi connectivity index (χ0v) is 22.5. The van der Waals surface area contributed by atoms with E-state index in [1.165, 1.54) is 17.0 Å². The zero-order valence-electron chi connectivity index (χ0n) is 21.7. The largest absolute Gasteiger partial charge is 0.490 e. The van der Waals surface area contributed by atoms with E-state index in [1.807, 2.05) is 20.0 Å². The van der Waals surface area contributed by atoms with E-state index in [4.69, 9.17) is 21.7 Å². The summed E-state index contributed by atoms with van der Waals surface area (Å²) in [6.45, 7) is 3.22. The highest BCUT2D eigenvalue weighted by Gasteiger charge is 2.34. The van der Waals surface area contributed by atoms with Crippen molar-refractivity contribution in [1.82, 2.24) is 20.2 Å². The van der Waals surface area contributed by atoms with Gasteiger partial charge in [-0.1, -0.05) is 0 Å². The molecule has 1 N–H and O–H groups in total. The number of benzene rings is 1. The van der Waals surface area contributed by atoms with Gasteiger partial charge >= 0.3 is 6.09 Å². The van der Waals surface area contributed by atoms with Crippen LogP contribution in [0.5, 0.6) is 0 Å². The van der Waals surface area contributed by atoms with Crippen LogP contribution in [-0.2, 0) is 27.7 Å². The van der Waals surface area contributed by atoms with Crippen molar-refractivity contribution in [3.05, 3.63) is 41.2 Å². The van der Waals surface area contributed by atoms with Crippen LogP contribution in [0.1, 0.15) is 30.7 Å². The van der Waals surface area contributed by atoms with Gasteiger partial charge in [-0.2, -0.15) is 5.10 Å². The molecule has 3 heterocycles. The maximum atomic E-state index is 15.2. The van der Waals surface area contributed by atoms with E-state index in [1.54, 1.807) is 9.58 Å². The lowest BCUT2D eigenvalue weighted by Gasteiger charge is -2.25. The molecule has 2 saturated heterocycles. The second-order valence-corrected chi connectivity index (χ2v) is 9.79. The molecule has 13 heteroatoms. The van der Waals surface area contributed by atoms with E-state index in [0.717, 1.165) is 23.5 Å². The summed E-state index contributed by atoms with van der Waals surface area (Å²) < 4.78 is 42.4. The minimum atomic E-state index is -0.790. The molecule has 2 aromatic rings. The number of aromatic nitrogens is 2. The maximum Gasteiger partial charge on any atom is 0.414 e. The quantitative estimate of drug-likeness (QED) is 0.502. The Labute approximate surface area is 225 Å². The van der Waals surface area contributed by atoms with E-state index in [0.29, 0.717) is 37.4 Å². The van der Waals surface area contributed by atoms with E-state index >= 15 is 8.78 Å². The molecular formula is C25H32F2N6O4S. The number of rotatable bonds is 8. The first kappa shape index (κ1) is 27.7. The lowest BCUT2D eigenvalue weighted by molar-refractivity contribution is -0.133. The van der Waals surface area contributed by atoms with Gasteiger partial charge < -0.3 is 14.4 Å². The molecule has 2 amide bonds. The average molecular weight is 551 g/mol. The molecule has 0 aliphatic carbocycles. The van der Waals surface area contributed by atoms with Gasteiger partial charge in [-0.05, 0) is 31.6 Å². The molecule has 0 spiro atoms. The van der Waals surface area contributed by atoms with Gasteiger partial charge in [-0.15, -0.1) is 0 Å². The lowest BCUT2D eigenvalue weighted by Crippen LogP contribution is -2.43. The molecule has 206 valence electrons. The Hall–Kier alpha value is -3.32. The highest BCUT2D eigenvalue weighted by atomic mass is 32.1. The Kier molecular flexibility index (Phi) is 8.77. The Morgan fingerprint density at radius 2 is 1.95 bits per heavy atom. The van der Waals surface area contributed by atoms with Crippen molar-refractivity contribution in [2.45, 2.75) is 38.7 Å². The second kappa shape index (κ2) is 12.0. The summed E-state index contributed by atoms with van der Waals surface area (Å²) in [6, 6.07) is 4.22. The highest BCUT2D eigenvalue weighted by Crippen LogP contribution is 2.31. The van der Waals surface area contributed by atoms with Gasteiger partial charge in [0.1, 0.15) is 11.8 Å². The van der Waals surface area contributed by atoms with Crippen LogP contribution in [0, 0.1) is 18.6 Å². The SMILES string of the molecule is COC(=S)CC[C@H]1CN(c2cc(F)c(N3CCNN(C(=O)CCc4cc(C)n(C)n4)CC3)c(F)c2)C(=O)O1. The molecule has 2 aliphatic rings. The second-order valence-electron chi connectivity index (χ2n) is 9.33. The first-order valence-corrected chi connectivity index (χ1v) is 12.9. The number of thiocarbonyl (C=S) groups is 1. The Balaban J connectivity index is 1.36. The Bertz CT molecular complexity index is 1170. The molecule has 0 saturated carbocycles. The first-order chi connectivity index (χ1) is 18.2. The van der Waals surface area contributed by atoms with Gasteiger partial charge in [0, 0.05) is 63.8 Å². The molecule has 2 fully saturated rings. The van der Waals surface area contributed by atoms with Gasteiger partial charge in [-0.25, -0.2) is 19.0 Å². The molecular weight excluding hydrogens is 518 g/mol. The van der Waals surface area contributed by atoms with Crippen LogP contribution in [0.25, 0.3) is 0 Å². The molecule has 38 heavy (non-hydrogen) atoms. The number of carbonyl (C=O) groups excluding carboxylic acids is 2. The number of nitrogens with zero attached hydrogens (tertiary/aromatic N) is 5. The van der Waals surface area contributed by atoms with E-state index in [9.17, 15) is 9.59 Å². The van der Waals surface area contributed by atoms with Crippen LogP contribution in [0.2, 0.25) is 0 Å². The van der Waals surface area contributed by atoms with Crippen LogP contribution in [0.3, 0.4) is 0 Å². The predicted octanol–water partition coefficient (Wildman–Crippen LogP) is 2.87. The van der Waals surface area contributed by atoms with E-state index in [-0.39, 0.29) is 43.3 Å². The predicted molar refractivity (Wildman–Crippen MR) is 141 cm³/mol. The number of halogens is 2. The number of cyclic esters (lactones) is 1. The van der Waals surface area contributed by atoms with Crippen LogP contribution in [-0.4, -0.2) is 77.8 Å². The highest BCUT2D eigenvalue weighted by molar-refractivity contribution is 7.80. The summed E-state index contributed by atoms with van der Waals surface area (Å²) in [7, 11) is 3.33. The zero-order chi connectivity index (χ0) is 27.4. The van der Waals surface area contributed by atoms with Crippen LogP contribution in [0.15, 0.2) is 18.2 Å². The molecule has 1 aromatic carbocycles. The molecule has 0 bridgehead atoms. The fourth-order valence-electron chi connectivity index (χ4n) is 4.57. The fourth-order valence-corrected chi connectivity index (χ4v) is 4.69. The number of amides is 2. The number of methoxy groups -OCH3 is 1. The third-order valence-electron chi connectivity index (χ3n) is 6.74. The van der Waals surface area contributed by atoms with Crippen molar-refractivity contribution < 1.29 is 27.8 Å². The number of carbonyl (C=O) groups is 2. The molecule has 1 atom stereocenters. The molecule has 2 aliphatic heterocycles. The summed E-state index contributed by atoms with van der Waals surface area (Å²) >= 11 is 5.01. The molecule has 1 aromatic heterocycles. The van der Waals surface area contributed by atoms with Crippen LogP contribution >= 0.6 is 12.2 Å². The van der Waals surface area contributed by atoms with Crippen molar-refractivity contribution in [1.29, 1.82) is 0 Å². The topological polar surface area (TPSA) is 92.2 Å². The van der Waals surface area contributed by atoms with Crippen molar-refractivity contribution >= 4 is 40.6 Å². The molecule has 10 nitrogen and oxygen atoms in total. The third kappa shape index (κ3) is 6.38. The molecule has 4 rings (SSSR count). The summed E-state index contributed by atoms with van der Waals surface area (Å²) in [4.78, 5) is 27.9. The normalized spacial score (nSPS) is 18.0. The number of nitrogens with one attached hydrogen (secondary N) is 1. The number of hydrogen-bond donors (Lipinski definition) is 1. The maximum absolute atomic E-state index is 15.2. The van der Waals surface area contributed by atoms with Crippen molar-refractivity contribution in [2.75, 3.05) is 49.6 Å².